The van der Waals surface area contributed by atoms with E-state index in [0.717, 1.165) is 25.4 Å². The van der Waals surface area contributed by atoms with Gasteiger partial charge in [0.25, 0.3) is 0 Å². The molecule has 18 heavy (non-hydrogen) atoms. The van der Waals surface area contributed by atoms with Gasteiger partial charge in [-0.25, -0.2) is 0 Å². The molecule has 0 aromatic carbocycles. The molecule has 0 radical (unpaired) electrons. The van der Waals surface area contributed by atoms with Crippen molar-refractivity contribution in [3.63, 3.8) is 0 Å². The second-order valence-electron chi connectivity index (χ2n) is 6.15. The fourth-order valence-electron chi connectivity index (χ4n) is 3.82. The molecule has 0 aromatic heterocycles. The largest absolute Gasteiger partial charge is 0.376 e. The minimum Gasteiger partial charge on any atom is -0.376 e. The van der Waals surface area contributed by atoms with Gasteiger partial charge in [0, 0.05) is 25.0 Å². The summed E-state index contributed by atoms with van der Waals surface area (Å²) in [5.41, 5.74) is 6.08. The SMILES string of the molecule is NC1C2CCOC2C1NC(=O)CCC1CCCC1. The minimum absolute atomic E-state index is 0.0635. The first-order chi connectivity index (χ1) is 8.75. The highest BCUT2D eigenvalue weighted by Crippen LogP contribution is 2.37. The molecule has 1 amide bonds. The fourth-order valence-corrected chi connectivity index (χ4v) is 3.82. The Balaban J connectivity index is 1.41. The van der Waals surface area contributed by atoms with Crippen molar-refractivity contribution in [2.75, 3.05) is 6.61 Å². The van der Waals surface area contributed by atoms with E-state index in [-0.39, 0.29) is 24.1 Å². The van der Waals surface area contributed by atoms with Crippen molar-refractivity contribution < 1.29 is 9.53 Å². The Bertz CT molecular complexity index is 315. The van der Waals surface area contributed by atoms with Gasteiger partial charge in [0.05, 0.1) is 12.1 Å². The van der Waals surface area contributed by atoms with Gasteiger partial charge in [0.2, 0.25) is 5.91 Å². The van der Waals surface area contributed by atoms with Crippen molar-refractivity contribution in [2.45, 2.75) is 63.1 Å². The molecule has 2 aliphatic carbocycles. The summed E-state index contributed by atoms with van der Waals surface area (Å²) < 4.78 is 5.62. The summed E-state index contributed by atoms with van der Waals surface area (Å²) in [6.07, 6.45) is 8.26. The fraction of sp³-hybridized carbons (Fsp3) is 0.929. The summed E-state index contributed by atoms with van der Waals surface area (Å²) in [5.74, 6) is 1.42. The Morgan fingerprint density at radius 3 is 2.83 bits per heavy atom. The lowest BCUT2D eigenvalue weighted by molar-refractivity contribution is -0.126. The smallest absolute Gasteiger partial charge is 0.220 e. The quantitative estimate of drug-likeness (QED) is 0.790. The van der Waals surface area contributed by atoms with Crippen LogP contribution in [0.2, 0.25) is 0 Å². The van der Waals surface area contributed by atoms with Gasteiger partial charge in [-0.1, -0.05) is 25.7 Å². The minimum atomic E-state index is 0.0635. The van der Waals surface area contributed by atoms with Crippen LogP contribution in [0.5, 0.6) is 0 Å². The van der Waals surface area contributed by atoms with Gasteiger partial charge in [-0.2, -0.15) is 0 Å². The zero-order valence-corrected chi connectivity index (χ0v) is 10.9. The Hall–Kier alpha value is -0.610. The Morgan fingerprint density at radius 2 is 2.06 bits per heavy atom. The lowest BCUT2D eigenvalue weighted by Crippen LogP contribution is -2.68. The zero-order chi connectivity index (χ0) is 12.5. The second kappa shape index (κ2) is 5.17. The van der Waals surface area contributed by atoms with Crippen molar-refractivity contribution in [1.29, 1.82) is 0 Å². The normalized spacial score (nSPS) is 39.4. The van der Waals surface area contributed by atoms with E-state index < -0.39 is 0 Å². The predicted molar refractivity (Wildman–Crippen MR) is 68.9 cm³/mol. The third-order valence-electron chi connectivity index (χ3n) is 5.03. The number of ether oxygens (including phenoxy) is 1. The number of rotatable bonds is 4. The first kappa shape index (κ1) is 12.4. The molecule has 102 valence electrons. The molecule has 1 aliphatic heterocycles. The number of hydrogen-bond donors (Lipinski definition) is 2. The van der Waals surface area contributed by atoms with Crippen LogP contribution in [-0.4, -0.2) is 30.7 Å². The third kappa shape index (κ3) is 2.28. The molecule has 1 heterocycles. The number of carbonyl (C=O) groups excluding carboxylic acids is 1. The molecular weight excluding hydrogens is 228 g/mol. The summed E-state index contributed by atoms with van der Waals surface area (Å²) in [4.78, 5) is 11.9. The molecule has 4 heteroatoms. The monoisotopic (exact) mass is 252 g/mol. The topological polar surface area (TPSA) is 64.3 Å². The number of amides is 1. The van der Waals surface area contributed by atoms with Crippen LogP contribution in [0.3, 0.4) is 0 Å². The predicted octanol–water partition coefficient (Wildman–Crippen LogP) is 1.19. The highest BCUT2D eigenvalue weighted by molar-refractivity contribution is 5.76. The number of carbonyl (C=O) groups is 1. The van der Waals surface area contributed by atoms with Gasteiger partial charge < -0.3 is 15.8 Å². The van der Waals surface area contributed by atoms with E-state index >= 15 is 0 Å². The van der Waals surface area contributed by atoms with Gasteiger partial charge in [0.1, 0.15) is 0 Å². The van der Waals surface area contributed by atoms with E-state index in [1.165, 1.54) is 25.7 Å². The average Bonchev–Trinajstić information content (AvgIpc) is 3.02. The summed E-state index contributed by atoms with van der Waals surface area (Å²) in [6, 6.07) is 0.168. The second-order valence-corrected chi connectivity index (χ2v) is 6.15. The van der Waals surface area contributed by atoms with Gasteiger partial charge in [0.15, 0.2) is 0 Å². The van der Waals surface area contributed by atoms with Crippen molar-refractivity contribution in [3.05, 3.63) is 0 Å². The lowest BCUT2D eigenvalue weighted by atomic mass is 9.72. The van der Waals surface area contributed by atoms with Crippen molar-refractivity contribution in [3.8, 4) is 0 Å². The molecule has 0 aromatic rings. The first-order valence-electron chi connectivity index (χ1n) is 7.42. The number of fused-ring (bicyclic) bond motifs is 1. The summed E-state index contributed by atoms with van der Waals surface area (Å²) in [7, 11) is 0. The Kier molecular flexibility index (Phi) is 3.57. The van der Waals surface area contributed by atoms with Crippen LogP contribution in [0.25, 0.3) is 0 Å². The molecule has 2 saturated carbocycles. The maximum Gasteiger partial charge on any atom is 0.220 e. The van der Waals surface area contributed by atoms with Crippen molar-refractivity contribution in [1.82, 2.24) is 5.32 Å². The number of nitrogens with two attached hydrogens (primary N) is 1. The van der Waals surface area contributed by atoms with E-state index in [9.17, 15) is 4.79 Å². The van der Waals surface area contributed by atoms with Crippen LogP contribution in [0, 0.1) is 11.8 Å². The number of nitrogens with one attached hydrogen (secondary N) is 1. The lowest BCUT2D eigenvalue weighted by Gasteiger charge is -2.45. The summed E-state index contributed by atoms with van der Waals surface area (Å²) in [6.45, 7) is 0.803. The Labute approximate surface area is 109 Å². The van der Waals surface area contributed by atoms with Crippen LogP contribution in [-0.2, 0) is 9.53 Å². The maximum absolute atomic E-state index is 11.9. The van der Waals surface area contributed by atoms with E-state index in [1.807, 2.05) is 0 Å². The average molecular weight is 252 g/mol. The molecule has 0 spiro atoms. The van der Waals surface area contributed by atoms with Crippen LogP contribution in [0.4, 0.5) is 0 Å². The molecule has 1 saturated heterocycles. The summed E-state index contributed by atoms with van der Waals surface area (Å²) >= 11 is 0. The Morgan fingerprint density at radius 1 is 1.28 bits per heavy atom. The van der Waals surface area contributed by atoms with Crippen LogP contribution < -0.4 is 11.1 Å². The van der Waals surface area contributed by atoms with Crippen LogP contribution in [0.1, 0.15) is 44.9 Å². The number of hydrogen-bond acceptors (Lipinski definition) is 3. The van der Waals surface area contributed by atoms with E-state index in [2.05, 4.69) is 5.32 Å². The molecule has 3 N–H and O–H groups in total. The van der Waals surface area contributed by atoms with E-state index in [1.54, 1.807) is 0 Å². The molecule has 4 unspecified atom stereocenters. The standard InChI is InChI=1S/C14H24N2O2/c15-12-10-7-8-18-14(10)13(12)16-11(17)6-5-9-3-1-2-4-9/h9-10,12-14H,1-8,15H2,(H,16,17). The van der Waals surface area contributed by atoms with Crippen molar-refractivity contribution in [2.24, 2.45) is 17.6 Å². The molecule has 4 atom stereocenters. The van der Waals surface area contributed by atoms with Crippen LogP contribution in [0.15, 0.2) is 0 Å². The van der Waals surface area contributed by atoms with Gasteiger partial charge in [-0.15, -0.1) is 0 Å². The molecular formula is C14H24N2O2. The van der Waals surface area contributed by atoms with Gasteiger partial charge in [-0.05, 0) is 18.8 Å². The van der Waals surface area contributed by atoms with E-state index in [0.29, 0.717) is 12.3 Å². The molecule has 3 aliphatic rings. The third-order valence-corrected chi connectivity index (χ3v) is 5.03. The molecule has 0 bridgehead atoms. The molecule has 4 nitrogen and oxygen atoms in total. The molecule has 3 rings (SSSR count). The highest BCUT2D eigenvalue weighted by Gasteiger charge is 2.52. The van der Waals surface area contributed by atoms with Crippen molar-refractivity contribution >= 4 is 5.91 Å². The molecule has 3 fully saturated rings. The van der Waals surface area contributed by atoms with Gasteiger partial charge >= 0.3 is 0 Å². The van der Waals surface area contributed by atoms with E-state index in [4.69, 9.17) is 10.5 Å². The zero-order valence-electron chi connectivity index (χ0n) is 10.9. The van der Waals surface area contributed by atoms with Crippen LogP contribution >= 0.6 is 0 Å². The van der Waals surface area contributed by atoms with Gasteiger partial charge in [-0.3, -0.25) is 4.79 Å². The summed E-state index contributed by atoms with van der Waals surface area (Å²) in [5, 5.41) is 3.07. The first-order valence-corrected chi connectivity index (χ1v) is 7.42. The maximum atomic E-state index is 11.9. The highest BCUT2D eigenvalue weighted by atomic mass is 16.5.